The largest absolute Gasteiger partial charge is 0.507 e. The van der Waals surface area contributed by atoms with Crippen LogP contribution in [0.25, 0.3) is 6.08 Å². The Morgan fingerprint density at radius 2 is 1.50 bits per heavy atom. The number of hydrogen-bond acceptors (Lipinski definition) is 8. The van der Waals surface area contributed by atoms with Gasteiger partial charge < -0.3 is 33.7 Å². The van der Waals surface area contributed by atoms with Gasteiger partial charge in [0, 0.05) is 23.8 Å². The molecule has 34 heavy (non-hydrogen) atoms. The number of ketones is 1. The lowest BCUT2D eigenvalue weighted by molar-refractivity contribution is 0.104. The van der Waals surface area contributed by atoms with Crippen molar-refractivity contribution in [3.05, 3.63) is 41.0 Å². The summed E-state index contributed by atoms with van der Waals surface area (Å²) in [4.78, 5) is 15.6. The summed E-state index contributed by atoms with van der Waals surface area (Å²) in [6.07, 6.45) is 4.77. The van der Waals surface area contributed by atoms with Crippen molar-refractivity contribution in [2.45, 2.75) is 18.8 Å². The normalized spacial score (nSPS) is 14.8. The molecule has 0 unspecified atom stereocenters. The molecule has 0 bridgehead atoms. The van der Waals surface area contributed by atoms with Crippen LogP contribution < -0.4 is 23.7 Å². The van der Waals surface area contributed by atoms with Gasteiger partial charge in [-0.3, -0.25) is 4.79 Å². The van der Waals surface area contributed by atoms with Crippen LogP contribution in [0.1, 0.15) is 40.2 Å². The molecule has 0 radical (unpaired) electrons. The minimum absolute atomic E-state index is 0.0972. The van der Waals surface area contributed by atoms with Crippen LogP contribution in [0.3, 0.4) is 0 Å². The van der Waals surface area contributed by atoms with Gasteiger partial charge in [0.1, 0.15) is 40.1 Å². The molecule has 2 aromatic rings. The van der Waals surface area contributed by atoms with E-state index >= 15 is 0 Å². The Hall–Kier alpha value is -3.39. The monoisotopic (exact) mass is 471 g/mol. The molecule has 3 rings (SSSR count). The van der Waals surface area contributed by atoms with Gasteiger partial charge in [-0.25, -0.2) is 0 Å². The molecule has 0 spiro atoms. The van der Waals surface area contributed by atoms with Gasteiger partial charge in [0.2, 0.25) is 0 Å². The predicted octanol–water partition coefficient (Wildman–Crippen LogP) is 4.14. The van der Waals surface area contributed by atoms with Crippen molar-refractivity contribution in [2.24, 2.45) is 0 Å². The summed E-state index contributed by atoms with van der Waals surface area (Å²) in [5.41, 5.74) is 1.48. The van der Waals surface area contributed by atoms with Gasteiger partial charge in [0.05, 0.1) is 41.1 Å². The highest BCUT2D eigenvalue weighted by Crippen LogP contribution is 2.46. The van der Waals surface area contributed by atoms with E-state index in [0.717, 1.165) is 31.5 Å². The van der Waals surface area contributed by atoms with E-state index in [1.54, 1.807) is 32.4 Å². The Morgan fingerprint density at radius 1 is 0.912 bits per heavy atom. The number of phenolic OH excluding ortho intramolecular Hbond substituents is 1. The minimum Gasteiger partial charge on any atom is -0.507 e. The molecule has 0 atom stereocenters. The van der Waals surface area contributed by atoms with E-state index in [-0.39, 0.29) is 17.2 Å². The summed E-state index contributed by atoms with van der Waals surface area (Å²) < 4.78 is 27.5. The molecule has 0 aromatic heterocycles. The van der Waals surface area contributed by atoms with E-state index in [1.807, 2.05) is 0 Å². The average Bonchev–Trinajstić information content (AvgIpc) is 2.86. The number of carbonyl (C=O) groups excluding carboxylic acids is 1. The number of piperidine rings is 1. The molecule has 1 N–H and O–H groups in total. The number of ether oxygens (including phenoxy) is 5. The van der Waals surface area contributed by atoms with Crippen LogP contribution in [0, 0.1) is 0 Å². The number of allylic oxidation sites excluding steroid dienone is 1. The molecule has 1 aliphatic heterocycles. The third-order valence-electron chi connectivity index (χ3n) is 6.21. The molecule has 184 valence electrons. The smallest absolute Gasteiger partial charge is 0.193 e. The molecule has 0 saturated carbocycles. The SMILES string of the molecule is COc1cc(OC)c(/C=C/C(=O)c2c(O)cc(OC)c(C3CCN(C)CC3)c2OC)c(OC)c1. The third-order valence-corrected chi connectivity index (χ3v) is 6.21. The van der Waals surface area contributed by atoms with E-state index in [4.69, 9.17) is 23.7 Å². The van der Waals surface area contributed by atoms with Crippen molar-refractivity contribution >= 4 is 11.9 Å². The quantitative estimate of drug-likeness (QED) is 0.431. The first kappa shape index (κ1) is 25.2. The van der Waals surface area contributed by atoms with Gasteiger partial charge in [0.25, 0.3) is 0 Å². The van der Waals surface area contributed by atoms with Crippen LogP contribution >= 0.6 is 0 Å². The van der Waals surface area contributed by atoms with Gasteiger partial charge >= 0.3 is 0 Å². The molecule has 1 heterocycles. The summed E-state index contributed by atoms with van der Waals surface area (Å²) in [6.45, 7) is 1.86. The van der Waals surface area contributed by atoms with Crippen LogP contribution in [0.15, 0.2) is 24.3 Å². The topological polar surface area (TPSA) is 86.7 Å². The van der Waals surface area contributed by atoms with Crippen molar-refractivity contribution in [1.29, 1.82) is 0 Å². The Morgan fingerprint density at radius 3 is 2.00 bits per heavy atom. The van der Waals surface area contributed by atoms with E-state index in [2.05, 4.69) is 11.9 Å². The summed E-state index contributed by atoms with van der Waals surface area (Å²) in [6, 6.07) is 4.90. The van der Waals surface area contributed by atoms with Gasteiger partial charge in [0.15, 0.2) is 5.78 Å². The fraction of sp³-hybridized carbons (Fsp3) is 0.423. The molecule has 1 fully saturated rings. The van der Waals surface area contributed by atoms with Crippen LogP contribution in [0.5, 0.6) is 34.5 Å². The summed E-state index contributed by atoms with van der Waals surface area (Å²) in [7, 11) is 9.75. The zero-order valence-corrected chi connectivity index (χ0v) is 20.6. The maximum atomic E-state index is 13.3. The first-order valence-electron chi connectivity index (χ1n) is 11.1. The molecule has 0 amide bonds. The second-order valence-electron chi connectivity index (χ2n) is 8.14. The van der Waals surface area contributed by atoms with Crippen molar-refractivity contribution in [3.63, 3.8) is 0 Å². The molecule has 0 aliphatic carbocycles. The number of methoxy groups -OCH3 is 5. The number of phenols is 1. The van der Waals surface area contributed by atoms with Gasteiger partial charge in [-0.15, -0.1) is 0 Å². The Kier molecular flexibility index (Phi) is 8.28. The van der Waals surface area contributed by atoms with E-state index in [1.165, 1.54) is 33.5 Å². The Labute approximate surface area is 200 Å². The highest BCUT2D eigenvalue weighted by molar-refractivity contribution is 6.11. The maximum Gasteiger partial charge on any atom is 0.193 e. The minimum atomic E-state index is -0.411. The van der Waals surface area contributed by atoms with Crippen molar-refractivity contribution in [3.8, 4) is 34.5 Å². The summed E-state index contributed by atoms with van der Waals surface area (Å²) in [5.74, 6) is 1.93. The number of hydrogen-bond donors (Lipinski definition) is 1. The van der Waals surface area contributed by atoms with Crippen LogP contribution in [-0.2, 0) is 0 Å². The lowest BCUT2D eigenvalue weighted by atomic mass is 9.86. The Bertz CT molecular complexity index is 1030. The fourth-order valence-corrected chi connectivity index (χ4v) is 4.38. The molecule has 2 aromatic carbocycles. The highest BCUT2D eigenvalue weighted by Gasteiger charge is 2.30. The zero-order valence-electron chi connectivity index (χ0n) is 20.6. The van der Waals surface area contributed by atoms with E-state index in [9.17, 15) is 9.90 Å². The van der Waals surface area contributed by atoms with Crippen LogP contribution in [0.4, 0.5) is 0 Å². The Balaban J connectivity index is 2.06. The predicted molar refractivity (Wildman–Crippen MR) is 130 cm³/mol. The number of rotatable bonds is 9. The first-order chi connectivity index (χ1) is 16.4. The molecule has 8 heteroatoms. The molecule has 1 saturated heterocycles. The molecular weight excluding hydrogens is 438 g/mol. The van der Waals surface area contributed by atoms with Gasteiger partial charge in [-0.05, 0) is 51.0 Å². The lowest BCUT2D eigenvalue weighted by Gasteiger charge is -2.31. The number of nitrogens with zero attached hydrogens (tertiary/aromatic N) is 1. The summed E-state index contributed by atoms with van der Waals surface area (Å²) in [5, 5.41) is 10.7. The van der Waals surface area contributed by atoms with Crippen molar-refractivity contribution in [1.82, 2.24) is 4.90 Å². The van der Waals surface area contributed by atoms with Crippen molar-refractivity contribution in [2.75, 3.05) is 55.7 Å². The van der Waals surface area contributed by atoms with E-state index < -0.39 is 5.78 Å². The highest BCUT2D eigenvalue weighted by atomic mass is 16.5. The molecular formula is C26H33NO7. The maximum absolute atomic E-state index is 13.3. The molecule has 8 nitrogen and oxygen atoms in total. The molecule has 1 aliphatic rings. The van der Waals surface area contributed by atoms with Crippen LogP contribution in [-0.4, -0.2) is 71.5 Å². The standard InChI is InChI=1S/C26H33NO7/c1-27-11-9-16(10-12-27)24-23(33-5)15-20(29)25(26(24)34-6)19(28)8-7-18-21(31-3)13-17(30-2)14-22(18)32-4/h7-8,13-16,29H,9-12H2,1-6H3/b8-7+. The van der Waals surface area contributed by atoms with E-state index in [0.29, 0.717) is 34.3 Å². The van der Waals surface area contributed by atoms with Gasteiger partial charge in [-0.2, -0.15) is 0 Å². The number of carbonyl (C=O) groups is 1. The van der Waals surface area contributed by atoms with Gasteiger partial charge in [-0.1, -0.05) is 0 Å². The third kappa shape index (κ3) is 5.07. The second kappa shape index (κ2) is 11.2. The second-order valence-corrected chi connectivity index (χ2v) is 8.14. The lowest BCUT2D eigenvalue weighted by Crippen LogP contribution is -2.29. The first-order valence-corrected chi connectivity index (χ1v) is 11.1. The summed E-state index contributed by atoms with van der Waals surface area (Å²) >= 11 is 0. The fourth-order valence-electron chi connectivity index (χ4n) is 4.38. The average molecular weight is 472 g/mol. The van der Waals surface area contributed by atoms with Crippen molar-refractivity contribution < 1.29 is 33.6 Å². The van der Waals surface area contributed by atoms with Crippen LogP contribution in [0.2, 0.25) is 0 Å². The zero-order chi connectivity index (χ0) is 24.8. The number of aromatic hydroxyl groups is 1. The number of likely N-dealkylation sites (tertiary alicyclic amines) is 1. The number of benzene rings is 2.